The first-order chi connectivity index (χ1) is 11.0. The fourth-order valence-corrected chi connectivity index (χ4v) is 2.96. The van der Waals surface area contributed by atoms with Crippen molar-refractivity contribution in [2.75, 3.05) is 14.2 Å². The topological polar surface area (TPSA) is 46.6 Å². The van der Waals surface area contributed by atoms with E-state index in [1.54, 1.807) is 53.6 Å². The molecule has 0 atom stereocenters. The highest BCUT2D eigenvalue weighted by atomic mass is 32.1. The fraction of sp³-hybridized carbons (Fsp3) is 0.222. The summed E-state index contributed by atoms with van der Waals surface area (Å²) in [7, 11) is 3.13. The van der Waals surface area contributed by atoms with E-state index in [4.69, 9.17) is 0 Å². The van der Waals surface area contributed by atoms with Gasteiger partial charge in [0.1, 0.15) is 0 Å². The molecule has 0 spiro atoms. The molecule has 1 aromatic heterocycles. The van der Waals surface area contributed by atoms with E-state index in [0.717, 1.165) is 5.56 Å². The smallest absolute Gasteiger partial charge is 0.337 e. The third-order valence-electron chi connectivity index (χ3n) is 3.48. The number of benzene rings is 1. The summed E-state index contributed by atoms with van der Waals surface area (Å²) in [6.07, 6.45) is 3.28. The second-order valence-electron chi connectivity index (χ2n) is 5.17. The van der Waals surface area contributed by atoms with Crippen molar-refractivity contribution in [2.24, 2.45) is 0 Å². The quantitative estimate of drug-likeness (QED) is 0.623. The number of carbonyl (C=O) groups is 2. The molecule has 0 radical (unpaired) electrons. The molecule has 4 nitrogen and oxygen atoms in total. The molecular formula is C18H19NO3S. The molecule has 1 amide bonds. The molecular weight excluding hydrogens is 310 g/mol. The first-order valence-corrected chi connectivity index (χ1v) is 8.03. The molecule has 0 saturated carbocycles. The molecule has 1 aromatic carbocycles. The van der Waals surface area contributed by atoms with E-state index in [-0.39, 0.29) is 11.9 Å². The normalized spacial score (nSPS) is 10.7. The first kappa shape index (κ1) is 17.0. The fourth-order valence-electron chi connectivity index (χ4n) is 2.00. The Hall–Kier alpha value is -2.40. The maximum absolute atomic E-state index is 12.1. The number of thiophene rings is 1. The third-order valence-corrected chi connectivity index (χ3v) is 4.48. The van der Waals surface area contributed by atoms with E-state index >= 15 is 0 Å². The first-order valence-electron chi connectivity index (χ1n) is 7.16. The van der Waals surface area contributed by atoms with Crippen LogP contribution in [0.25, 0.3) is 6.08 Å². The Balaban J connectivity index is 1.97. The van der Waals surface area contributed by atoms with Gasteiger partial charge in [0.15, 0.2) is 0 Å². The third kappa shape index (κ3) is 4.53. The van der Waals surface area contributed by atoms with Crippen LogP contribution >= 0.6 is 11.3 Å². The molecule has 0 unspecified atom stereocenters. The van der Waals surface area contributed by atoms with Gasteiger partial charge in [0.25, 0.3) is 0 Å². The number of aryl methyl sites for hydroxylation is 1. The Morgan fingerprint density at radius 1 is 1.22 bits per heavy atom. The van der Waals surface area contributed by atoms with Crippen LogP contribution in [-0.2, 0) is 16.1 Å². The van der Waals surface area contributed by atoms with Gasteiger partial charge in [-0.2, -0.15) is 0 Å². The number of amides is 1. The van der Waals surface area contributed by atoms with Gasteiger partial charge >= 0.3 is 5.97 Å². The minimum atomic E-state index is -0.373. The van der Waals surface area contributed by atoms with E-state index in [1.165, 1.54) is 23.6 Å². The molecule has 5 heteroatoms. The summed E-state index contributed by atoms with van der Waals surface area (Å²) in [5.74, 6) is -0.433. The van der Waals surface area contributed by atoms with Crippen molar-refractivity contribution >= 4 is 29.3 Å². The highest BCUT2D eigenvalue weighted by molar-refractivity contribution is 7.10. The molecule has 2 rings (SSSR count). The van der Waals surface area contributed by atoms with Crippen LogP contribution in [0.3, 0.4) is 0 Å². The zero-order valence-electron chi connectivity index (χ0n) is 13.4. The molecule has 0 saturated heterocycles. The Labute approximate surface area is 140 Å². The Morgan fingerprint density at radius 2 is 1.91 bits per heavy atom. The van der Waals surface area contributed by atoms with Crippen LogP contribution in [0.1, 0.15) is 26.4 Å². The van der Waals surface area contributed by atoms with Crippen molar-refractivity contribution in [3.8, 4) is 0 Å². The standard InChI is InChI=1S/C18H19NO3S/c1-13-10-11-23-16(13)12-19(2)17(20)9-6-14-4-7-15(8-5-14)18(21)22-3/h4-11H,12H2,1-3H3. The summed E-state index contributed by atoms with van der Waals surface area (Å²) >= 11 is 1.65. The summed E-state index contributed by atoms with van der Waals surface area (Å²) in [4.78, 5) is 26.4. The Kier molecular flexibility index (Phi) is 5.71. The van der Waals surface area contributed by atoms with Crippen molar-refractivity contribution in [3.05, 3.63) is 63.4 Å². The van der Waals surface area contributed by atoms with Crippen molar-refractivity contribution in [1.82, 2.24) is 4.90 Å². The maximum atomic E-state index is 12.1. The lowest BCUT2D eigenvalue weighted by atomic mass is 10.1. The summed E-state index contributed by atoms with van der Waals surface area (Å²) in [5.41, 5.74) is 2.55. The van der Waals surface area contributed by atoms with Crippen LogP contribution in [0.2, 0.25) is 0 Å². The zero-order chi connectivity index (χ0) is 16.8. The summed E-state index contributed by atoms with van der Waals surface area (Å²) in [5, 5.41) is 2.03. The second-order valence-corrected chi connectivity index (χ2v) is 6.17. The molecule has 0 aliphatic heterocycles. The number of likely N-dealkylation sites (N-methyl/N-ethyl adjacent to an activating group) is 1. The van der Waals surface area contributed by atoms with Crippen LogP contribution in [0, 0.1) is 6.92 Å². The number of hydrogen-bond acceptors (Lipinski definition) is 4. The van der Waals surface area contributed by atoms with E-state index in [1.807, 2.05) is 12.3 Å². The largest absolute Gasteiger partial charge is 0.465 e. The lowest BCUT2D eigenvalue weighted by Gasteiger charge is -2.14. The zero-order valence-corrected chi connectivity index (χ0v) is 14.2. The number of methoxy groups -OCH3 is 1. The van der Waals surface area contributed by atoms with E-state index in [2.05, 4.69) is 10.8 Å². The van der Waals surface area contributed by atoms with Gasteiger partial charge < -0.3 is 9.64 Å². The second kappa shape index (κ2) is 7.74. The molecule has 1 heterocycles. The number of hydrogen-bond donors (Lipinski definition) is 0. The minimum absolute atomic E-state index is 0.0603. The minimum Gasteiger partial charge on any atom is -0.465 e. The molecule has 0 aliphatic rings. The van der Waals surface area contributed by atoms with Gasteiger partial charge in [0, 0.05) is 18.0 Å². The van der Waals surface area contributed by atoms with Gasteiger partial charge in [-0.25, -0.2) is 4.79 Å². The van der Waals surface area contributed by atoms with Gasteiger partial charge in [-0.1, -0.05) is 12.1 Å². The van der Waals surface area contributed by atoms with Gasteiger partial charge in [-0.05, 0) is 47.7 Å². The highest BCUT2D eigenvalue weighted by Crippen LogP contribution is 2.17. The maximum Gasteiger partial charge on any atom is 0.337 e. The number of rotatable bonds is 5. The van der Waals surface area contributed by atoms with Crippen molar-refractivity contribution < 1.29 is 14.3 Å². The summed E-state index contributed by atoms with van der Waals surface area (Å²) in [6, 6.07) is 8.96. The van der Waals surface area contributed by atoms with Crippen molar-refractivity contribution in [3.63, 3.8) is 0 Å². The highest BCUT2D eigenvalue weighted by Gasteiger charge is 2.08. The van der Waals surface area contributed by atoms with Gasteiger partial charge in [-0.3, -0.25) is 4.79 Å². The van der Waals surface area contributed by atoms with Crippen LogP contribution in [0.4, 0.5) is 0 Å². The van der Waals surface area contributed by atoms with Crippen LogP contribution in [0.5, 0.6) is 0 Å². The lowest BCUT2D eigenvalue weighted by molar-refractivity contribution is -0.125. The molecule has 2 aromatic rings. The molecule has 0 N–H and O–H groups in total. The lowest BCUT2D eigenvalue weighted by Crippen LogP contribution is -2.23. The molecule has 0 fully saturated rings. The average Bonchev–Trinajstić information content (AvgIpc) is 2.97. The predicted molar refractivity (Wildman–Crippen MR) is 92.3 cm³/mol. The number of carbonyl (C=O) groups excluding carboxylic acids is 2. The SMILES string of the molecule is COC(=O)c1ccc(C=CC(=O)N(C)Cc2sccc2C)cc1. The van der Waals surface area contributed by atoms with E-state index in [9.17, 15) is 9.59 Å². The summed E-state index contributed by atoms with van der Waals surface area (Å²) < 4.78 is 4.65. The van der Waals surface area contributed by atoms with Gasteiger partial charge in [-0.15, -0.1) is 11.3 Å². The number of nitrogens with zero attached hydrogens (tertiary/aromatic N) is 1. The Morgan fingerprint density at radius 3 is 2.48 bits per heavy atom. The van der Waals surface area contributed by atoms with Gasteiger partial charge in [0.05, 0.1) is 19.2 Å². The molecule has 23 heavy (non-hydrogen) atoms. The van der Waals surface area contributed by atoms with Crippen LogP contribution in [-0.4, -0.2) is 30.9 Å². The Bertz CT molecular complexity index is 716. The van der Waals surface area contributed by atoms with E-state index < -0.39 is 0 Å². The molecule has 120 valence electrons. The number of esters is 1. The van der Waals surface area contributed by atoms with Crippen LogP contribution in [0.15, 0.2) is 41.8 Å². The van der Waals surface area contributed by atoms with Crippen molar-refractivity contribution in [1.29, 1.82) is 0 Å². The molecule has 0 bridgehead atoms. The summed E-state index contributed by atoms with van der Waals surface area (Å²) in [6.45, 7) is 2.65. The average molecular weight is 329 g/mol. The van der Waals surface area contributed by atoms with Gasteiger partial charge in [0.2, 0.25) is 5.91 Å². The van der Waals surface area contributed by atoms with Crippen LogP contribution < -0.4 is 0 Å². The number of ether oxygens (including phenoxy) is 1. The van der Waals surface area contributed by atoms with E-state index in [0.29, 0.717) is 12.1 Å². The molecule has 0 aliphatic carbocycles. The predicted octanol–water partition coefficient (Wildman–Crippen LogP) is 3.51. The van der Waals surface area contributed by atoms with Crippen molar-refractivity contribution in [2.45, 2.75) is 13.5 Å². The monoisotopic (exact) mass is 329 g/mol.